The van der Waals surface area contributed by atoms with Crippen LogP contribution < -0.4 is 4.74 Å². The van der Waals surface area contributed by atoms with E-state index in [1.807, 2.05) is 42.7 Å². The molecule has 0 amide bonds. The molecule has 0 saturated heterocycles. The molecule has 0 unspecified atom stereocenters. The Labute approximate surface area is 197 Å². The summed E-state index contributed by atoms with van der Waals surface area (Å²) in [6, 6.07) is 16.1. The summed E-state index contributed by atoms with van der Waals surface area (Å²) in [4.78, 5) is 8.90. The summed E-state index contributed by atoms with van der Waals surface area (Å²) in [5.41, 5.74) is 3.84. The molecular weight excluding hydrogens is 437 g/mol. The van der Waals surface area contributed by atoms with Crippen LogP contribution in [0.1, 0.15) is 41.4 Å². The number of ether oxygens (including phenoxy) is 1. The molecule has 6 heteroatoms. The van der Waals surface area contributed by atoms with Gasteiger partial charge in [0.15, 0.2) is 0 Å². The Morgan fingerprint density at radius 1 is 0.765 bits per heavy atom. The molecule has 1 heterocycles. The number of nitrogens with zero attached hydrogens (tertiary/aromatic N) is 2. The van der Waals surface area contributed by atoms with Crippen LogP contribution >= 0.6 is 0 Å². The molecule has 34 heavy (non-hydrogen) atoms. The Morgan fingerprint density at radius 3 is 2.18 bits per heavy atom. The van der Waals surface area contributed by atoms with Crippen LogP contribution in [0.5, 0.6) is 5.75 Å². The van der Waals surface area contributed by atoms with Crippen LogP contribution in [0.15, 0.2) is 67.0 Å². The van der Waals surface area contributed by atoms with Gasteiger partial charge in [-0.15, -0.1) is 0 Å². The number of benzene rings is 3. The van der Waals surface area contributed by atoms with Crippen molar-refractivity contribution in [1.82, 2.24) is 9.97 Å². The van der Waals surface area contributed by atoms with Gasteiger partial charge >= 0.3 is 6.61 Å². The number of alkyl halides is 2. The topological polar surface area (TPSA) is 35.0 Å². The van der Waals surface area contributed by atoms with E-state index >= 15 is 4.39 Å². The molecule has 3 nitrogen and oxygen atoms in total. The molecule has 0 radical (unpaired) electrons. The number of hydrogen-bond acceptors (Lipinski definition) is 3. The average Bonchev–Trinajstić information content (AvgIpc) is 2.84. The summed E-state index contributed by atoms with van der Waals surface area (Å²) in [6.45, 7) is -0.710. The molecule has 0 aliphatic heterocycles. The van der Waals surface area contributed by atoms with Crippen LogP contribution in [0.2, 0.25) is 0 Å². The summed E-state index contributed by atoms with van der Waals surface area (Å²) in [7, 11) is 0. The quantitative estimate of drug-likeness (QED) is 0.256. The zero-order valence-electron chi connectivity index (χ0n) is 19.1. The molecule has 0 spiro atoms. The normalized spacial score (nSPS) is 11.3. The lowest BCUT2D eigenvalue weighted by atomic mass is 9.98. The van der Waals surface area contributed by atoms with Gasteiger partial charge in [0.25, 0.3) is 0 Å². The van der Waals surface area contributed by atoms with E-state index in [0.29, 0.717) is 23.8 Å². The second-order valence-electron chi connectivity index (χ2n) is 8.37. The lowest BCUT2D eigenvalue weighted by Crippen LogP contribution is -2.02. The molecule has 0 fully saturated rings. The minimum atomic E-state index is -2.84. The Balaban J connectivity index is 1.39. The summed E-state index contributed by atoms with van der Waals surface area (Å²) in [6.07, 6.45) is 8.50. The minimum absolute atomic E-state index is 0.117. The molecule has 0 atom stereocenters. The van der Waals surface area contributed by atoms with Crippen LogP contribution in [-0.4, -0.2) is 16.6 Å². The number of aryl methyl sites for hydroxylation is 5. The third kappa shape index (κ3) is 6.13. The van der Waals surface area contributed by atoms with Gasteiger partial charge in [-0.05, 0) is 65.5 Å². The predicted octanol–water partition coefficient (Wildman–Crippen LogP) is 6.89. The zero-order chi connectivity index (χ0) is 23.9. The molecule has 0 saturated carbocycles. The van der Waals surface area contributed by atoms with Crippen molar-refractivity contribution in [1.29, 1.82) is 0 Å². The maximum atomic E-state index is 15.1. The standard InChI is InChI=1S/C28H27F3N2O/c1-2-3-21-17-32-26(33-18-21)15-8-20-7-14-25-23(16-20)11-10-22(27(25)29)9-4-19-5-12-24(13-6-19)34-28(30)31/h5-7,10-14,16-18,28H,2-4,8-9,15H2,1H3. The first-order chi connectivity index (χ1) is 16.5. The van der Waals surface area contributed by atoms with Gasteiger partial charge in [-0.1, -0.05) is 55.8 Å². The van der Waals surface area contributed by atoms with Gasteiger partial charge in [0.2, 0.25) is 0 Å². The van der Waals surface area contributed by atoms with Gasteiger partial charge in [-0.2, -0.15) is 8.78 Å². The molecular formula is C28H27F3N2O. The highest BCUT2D eigenvalue weighted by atomic mass is 19.3. The first kappa shape index (κ1) is 23.7. The summed E-state index contributed by atoms with van der Waals surface area (Å²) >= 11 is 0. The summed E-state index contributed by atoms with van der Waals surface area (Å²) < 4.78 is 44.1. The number of halogens is 3. The van der Waals surface area contributed by atoms with Gasteiger partial charge in [-0.3, -0.25) is 0 Å². The fourth-order valence-corrected chi connectivity index (χ4v) is 4.04. The first-order valence-corrected chi connectivity index (χ1v) is 11.6. The van der Waals surface area contributed by atoms with Crippen molar-refractivity contribution in [3.63, 3.8) is 0 Å². The van der Waals surface area contributed by atoms with Crippen molar-refractivity contribution in [3.05, 3.63) is 101 Å². The van der Waals surface area contributed by atoms with Crippen LogP contribution in [0.4, 0.5) is 13.2 Å². The largest absolute Gasteiger partial charge is 0.435 e. The molecule has 0 aliphatic rings. The number of aromatic nitrogens is 2. The van der Waals surface area contributed by atoms with Crippen LogP contribution in [-0.2, 0) is 32.1 Å². The Bertz CT molecular complexity index is 1230. The van der Waals surface area contributed by atoms with Crippen molar-refractivity contribution in [2.24, 2.45) is 0 Å². The van der Waals surface area contributed by atoms with Gasteiger partial charge in [0.1, 0.15) is 17.4 Å². The molecule has 4 aromatic rings. The van der Waals surface area contributed by atoms with Gasteiger partial charge < -0.3 is 4.74 Å². The van der Waals surface area contributed by atoms with Gasteiger partial charge in [0, 0.05) is 24.2 Å². The van der Waals surface area contributed by atoms with Crippen molar-refractivity contribution >= 4 is 10.8 Å². The predicted molar refractivity (Wildman–Crippen MR) is 128 cm³/mol. The second kappa shape index (κ2) is 11.1. The Kier molecular flexibility index (Phi) is 7.78. The summed E-state index contributed by atoms with van der Waals surface area (Å²) in [5.74, 6) is 0.721. The van der Waals surface area contributed by atoms with E-state index in [1.165, 1.54) is 12.1 Å². The first-order valence-electron chi connectivity index (χ1n) is 11.6. The van der Waals surface area contributed by atoms with E-state index < -0.39 is 6.61 Å². The van der Waals surface area contributed by atoms with Crippen LogP contribution in [0.3, 0.4) is 0 Å². The van der Waals surface area contributed by atoms with Gasteiger partial charge in [-0.25, -0.2) is 14.4 Å². The average molecular weight is 465 g/mol. The van der Waals surface area contributed by atoms with E-state index in [9.17, 15) is 8.78 Å². The maximum absolute atomic E-state index is 15.1. The van der Waals surface area contributed by atoms with E-state index in [-0.39, 0.29) is 11.6 Å². The number of rotatable bonds is 10. The minimum Gasteiger partial charge on any atom is -0.435 e. The molecule has 176 valence electrons. The van der Waals surface area contributed by atoms with Crippen LogP contribution in [0, 0.1) is 5.82 Å². The third-order valence-corrected chi connectivity index (χ3v) is 5.86. The smallest absolute Gasteiger partial charge is 0.387 e. The van der Waals surface area contributed by atoms with Crippen molar-refractivity contribution < 1.29 is 17.9 Å². The highest BCUT2D eigenvalue weighted by Gasteiger charge is 2.10. The van der Waals surface area contributed by atoms with Gasteiger partial charge in [0.05, 0.1) is 0 Å². The molecule has 0 bridgehead atoms. The van der Waals surface area contributed by atoms with E-state index in [4.69, 9.17) is 0 Å². The number of hydrogen-bond donors (Lipinski definition) is 0. The fourth-order valence-electron chi connectivity index (χ4n) is 4.04. The monoisotopic (exact) mass is 464 g/mol. The second-order valence-corrected chi connectivity index (χ2v) is 8.37. The maximum Gasteiger partial charge on any atom is 0.387 e. The lowest BCUT2D eigenvalue weighted by molar-refractivity contribution is -0.0498. The molecule has 3 aromatic carbocycles. The van der Waals surface area contributed by atoms with Crippen molar-refractivity contribution in [3.8, 4) is 5.75 Å². The Hall–Kier alpha value is -3.41. The zero-order valence-corrected chi connectivity index (χ0v) is 19.1. The fraction of sp³-hybridized carbons (Fsp3) is 0.286. The van der Waals surface area contributed by atoms with Crippen LogP contribution in [0.25, 0.3) is 10.8 Å². The molecule has 0 N–H and O–H groups in total. The summed E-state index contributed by atoms with van der Waals surface area (Å²) in [5, 5.41) is 1.47. The van der Waals surface area contributed by atoms with Crippen molar-refractivity contribution in [2.45, 2.75) is 52.1 Å². The van der Waals surface area contributed by atoms with E-state index in [1.54, 1.807) is 12.1 Å². The van der Waals surface area contributed by atoms with Crippen molar-refractivity contribution in [2.75, 3.05) is 0 Å². The highest BCUT2D eigenvalue weighted by Crippen LogP contribution is 2.24. The molecule has 4 rings (SSSR count). The molecule has 1 aromatic heterocycles. The number of fused-ring (bicyclic) bond motifs is 1. The Morgan fingerprint density at radius 2 is 1.47 bits per heavy atom. The van der Waals surface area contributed by atoms with E-state index in [2.05, 4.69) is 21.6 Å². The molecule has 0 aliphatic carbocycles. The van der Waals surface area contributed by atoms with E-state index in [0.717, 1.165) is 53.6 Å². The highest BCUT2D eigenvalue weighted by molar-refractivity contribution is 5.84. The third-order valence-electron chi connectivity index (χ3n) is 5.86. The SMILES string of the molecule is CCCc1cnc(CCc2ccc3c(F)c(CCc4ccc(OC(F)F)cc4)ccc3c2)nc1. The lowest BCUT2D eigenvalue weighted by Gasteiger charge is -2.10.